The third-order valence-electron chi connectivity index (χ3n) is 1.69. The lowest BCUT2D eigenvalue weighted by atomic mass is 10.1. The molecule has 3 nitrogen and oxygen atoms in total. The van der Waals surface area contributed by atoms with E-state index in [1.165, 1.54) is 0 Å². The van der Waals surface area contributed by atoms with Gasteiger partial charge in [0.1, 0.15) is 0 Å². The van der Waals surface area contributed by atoms with E-state index in [1.807, 2.05) is 24.3 Å². The van der Waals surface area contributed by atoms with Gasteiger partial charge in [0.15, 0.2) is 0 Å². The molecule has 0 atom stereocenters. The molecule has 1 aromatic rings. The fourth-order valence-corrected chi connectivity index (χ4v) is 1.09. The fraction of sp³-hybridized carbons (Fsp3) is 0.300. The van der Waals surface area contributed by atoms with Crippen molar-refractivity contribution in [3.05, 3.63) is 35.4 Å². The van der Waals surface area contributed by atoms with Gasteiger partial charge in [0.05, 0.1) is 13.0 Å². The lowest BCUT2D eigenvalue weighted by Gasteiger charge is -2.00. The van der Waals surface area contributed by atoms with Crippen molar-refractivity contribution in [1.82, 2.24) is 0 Å². The molecule has 1 aromatic carbocycles. The van der Waals surface area contributed by atoms with E-state index in [2.05, 4.69) is 0 Å². The lowest BCUT2D eigenvalue weighted by Crippen LogP contribution is -1.99. The van der Waals surface area contributed by atoms with Crippen molar-refractivity contribution < 1.29 is 14.6 Å². The Labute approximate surface area is 77.0 Å². The molecule has 0 fully saturated rings. The van der Waals surface area contributed by atoms with Crippen LogP contribution in [0.15, 0.2) is 24.3 Å². The van der Waals surface area contributed by atoms with Gasteiger partial charge < -0.3 is 9.84 Å². The molecule has 13 heavy (non-hydrogen) atoms. The van der Waals surface area contributed by atoms with Crippen molar-refractivity contribution in [3.63, 3.8) is 0 Å². The quantitative estimate of drug-likeness (QED) is 0.763. The maximum Gasteiger partial charge on any atom is 0.307 e. The Morgan fingerprint density at radius 2 is 1.85 bits per heavy atom. The highest BCUT2D eigenvalue weighted by Gasteiger charge is 1.99. The zero-order valence-corrected chi connectivity index (χ0v) is 7.49. The highest BCUT2D eigenvalue weighted by Crippen LogP contribution is 2.05. The van der Waals surface area contributed by atoms with E-state index in [0.29, 0.717) is 6.61 Å². The van der Waals surface area contributed by atoms with Gasteiger partial charge in [-0.3, -0.25) is 4.79 Å². The third kappa shape index (κ3) is 3.25. The maximum absolute atomic E-state index is 10.4. The zero-order valence-electron chi connectivity index (χ0n) is 7.49. The van der Waals surface area contributed by atoms with Gasteiger partial charge in [0, 0.05) is 7.11 Å². The lowest BCUT2D eigenvalue weighted by molar-refractivity contribution is -0.136. The molecular formula is C10H12O3. The van der Waals surface area contributed by atoms with E-state index in [0.717, 1.165) is 11.1 Å². The molecule has 0 aromatic heterocycles. The number of methoxy groups -OCH3 is 1. The Morgan fingerprint density at radius 1 is 1.31 bits per heavy atom. The second-order valence-electron chi connectivity index (χ2n) is 2.82. The van der Waals surface area contributed by atoms with Crippen molar-refractivity contribution in [1.29, 1.82) is 0 Å². The van der Waals surface area contributed by atoms with Crippen LogP contribution in [0, 0.1) is 0 Å². The van der Waals surface area contributed by atoms with Gasteiger partial charge in [0.2, 0.25) is 0 Å². The molecule has 0 saturated heterocycles. The Morgan fingerprint density at radius 3 is 2.31 bits per heavy atom. The van der Waals surface area contributed by atoms with Crippen molar-refractivity contribution >= 4 is 5.97 Å². The number of carboxylic acid groups (broad SMARTS) is 1. The minimum absolute atomic E-state index is 0.0766. The molecule has 0 amide bonds. The smallest absolute Gasteiger partial charge is 0.307 e. The molecule has 0 aliphatic rings. The first-order valence-electron chi connectivity index (χ1n) is 4.01. The van der Waals surface area contributed by atoms with Gasteiger partial charge in [0.25, 0.3) is 0 Å². The zero-order chi connectivity index (χ0) is 9.68. The van der Waals surface area contributed by atoms with Crippen molar-refractivity contribution in [2.45, 2.75) is 13.0 Å². The first kappa shape index (κ1) is 9.74. The van der Waals surface area contributed by atoms with Crippen LogP contribution in [0.4, 0.5) is 0 Å². The van der Waals surface area contributed by atoms with Crippen LogP contribution >= 0.6 is 0 Å². The molecule has 0 unspecified atom stereocenters. The Balaban J connectivity index is 2.64. The van der Waals surface area contributed by atoms with Crippen LogP contribution in [-0.4, -0.2) is 18.2 Å². The predicted molar refractivity (Wildman–Crippen MR) is 48.5 cm³/mol. The maximum atomic E-state index is 10.4. The standard InChI is InChI=1S/C10H12O3/c1-13-7-9-4-2-8(3-5-9)6-10(11)12/h2-5H,6-7H2,1H3,(H,11,12). The highest BCUT2D eigenvalue weighted by atomic mass is 16.5. The minimum atomic E-state index is -0.806. The number of rotatable bonds is 4. The molecule has 1 rings (SSSR count). The largest absolute Gasteiger partial charge is 0.481 e. The van der Waals surface area contributed by atoms with E-state index in [-0.39, 0.29) is 6.42 Å². The molecule has 0 saturated carbocycles. The highest BCUT2D eigenvalue weighted by molar-refractivity contribution is 5.70. The van der Waals surface area contributed by atoms with Crippen LogP contribution in [-0.2, 0) is 22.6 Å². The number of hydrogen-bond acceptors (Lipinski definition) is 2. The van der Waals surface area contributed by atoms with Gasteiger partial charge in [-0.05, 0) is 11.1 Å². The Bertz CT molecular complexity index is 277. The summed E-state index contributed by atoms with van der Waals surface area (Å²) in [6.07, 6.45) is 0.0766. The summed E-state index contributed by atoms with van der Waals surface area (Å²) in [5.74, 6) is -0.806. The Hall–Kier alpha value is -1.35. The molecule has 70 valence electrons. The monoisotopic (exact) mass is 180 g/mol. The summed E-state index contributed by atoms with van der Waals surface area (Å²) in [5.41, 5.74) is 1.86. The van der Waals surface area contributed by atoms with Gasteiger partial charge in [-0.2, -0.15) is 0 Å². The predicted octanol–water partition coefficient (Wildman–Crippen LogP) is 1.46. The molecule has 1 N–H and O–H groups in total. The topological polar surface area (TPSA) is 46.5 Å². The number of carboxylic acids is 1. The normalized spacial score (nSPS) is 9.92. The van der Waals surface area contributed by atoms with E-state index in [9.17, 15) is 4.79 Å². The van der Waals surface area contributed by atoms with E-state index in [1.54, 1.807) is 7.11 Å². The molecule has 0 bridgehead atoms. The number of carbonyl (C=O) groups is 1. The number of hydrogen-bond donors (Lipinski definition) is 1. The molecule has 0 radical (unpaired) electrons. The summed E-state index contributed by atoms with van der Waals surface area (Å²) < 4.78 is 4.93. The number of ether oxygens (including phenoxy) is 1. The van der Waals surface area contributed by atoms with Gasteiger partial charge in [-0.15, -0.1) is 0 Å². The van der Waals surface area contributed by atoms with E-state index >= 15 is 0 Å². The van der Waals surface area contributed by atoms with Crippen LogP contribution in [0.5, 0.6) is 0 Å². The first-order chi connectivity index (χ1) is 6.22. The summed E-state index contributed by atoms with van der Waals surface area (Å²) in [6, 6.07) is 7.37. The fourth-order valence-electron chi connectivity index (χ4n) is 1.09. The average Bonchev–Trinajstić information content (AvgIpc) is 2.08. The molecular weight excluding hydrogens is 168 g/mol. The summed E-state index contributed by atoms with van der Waals surface area (Å²) >= 11 is 0. The van der Waals surface area contributed by atoms with E-state index in [4.69, 9.17) is 9.84 Å². The summed E-state index contributed by atoms with van der Waals surface area (Å²) in [5, 5.41) is 8.51. The SMILES string of the molecule is COCc1ccc(CC(=O)O)cc1. The third-order valence-corrected chi connectivity index (χ3v) is 1.69. The minimum Gasteiger partial charge on any atom is -0.481 e. The molecule has 0 heterocycles. The van der Waals surface area contributed by atoms with Crippen molar-refractivity contribution in [2.24, 2.45) is 0 Å². The van der Waals surface area contributed by atoms with Crippen LogP contribution in [0.2, 0.25) is 0 Å². The summed E-state index contributed by atoms with van der Waals surface area (Å²) in [6.45, 7) is 0.563. The second-order valence-corrected chi connectivity index (χ2v) is 2.82. The molecule has 0 aliphatic carbocycles. The number of aliphatic carboxylic acids is 1. The van der Waals surface area contributed by atoms with Gasteiger partial charge >= 0.3 is 5.97 Å². The van der Waals surface area contributed by atoms with E-state index < -0.39 is 5.97 Å². The van der Waals surface area contributed by atoms with Crippen molar-refractivity contribution in [2.75, 3.05) is 7.11 Å². The van der Waals surface area contributed by atoms with Crippen LogP contribution in [0.3, 0.4) is 0 Å². The van der Waals surface area contributed by atoms with Crippen molar-refractivity contribution in [3.8, 4) is 0 Å². The van der Waals surface area contributed by atoms with Crippen LogP contribution in [0.1, 0.15) is 11.1 Å². The summed E-state index contributed by atoms with van der Waals surface area (Å²) in [7, 11) is 1.63. The van der Waals surface area contributed by atoms with Crippen LogP contribution < -0.4 is 0 Å². The second kappa shape index (κ2) is 4.62. The van der Waals surface area contributed by atoms with Gasteiger partial charge in [-0.1, -0.05) is 24.3 Å². The number of benzene rings is 1. The molecule has 3 heteroatoms. The van der Waals surface area contributed by atoms with Gasteiger partial charge in [-0.25, -0.2) is 0 Å². The average molecular weight is 180 g/mol. The first-order valence-corrected chi connectivity index (χ1v) is 4.01. The Kier molecular flexibility index (Phi) is 3.46. The molecule has 0 spiro atoms. The summed E-state index contributed by atoms with van der Waals surface area (Å²) in [4.78, 5) is 10.4. The molecule has 0 aliphatic heterocycles. The van der Waals surface area contributed by atoms with Crippen LogP contribution in [0.25, 0.3) is 0 Å².